The van der Waals surface area contributed by atoms with E-state index in [1.807, 2.05) is 60.7 Å². The van der Waals surface area contributed by atoms with Crippen LogP contribution >= 0.6 is 0 Å². The summed E-state index contributed by atoms with van der Waals surface area (Å²) in [6.07, 6.45) is 0.198. The van der Waals surface area contributed by atoms with Crippen LogP contribution in [0.25, 0.3) is 0 Å². The Labute approximate surface area is 221 Å². The van der Waals surface area contributed by atoms with Gasteiger partial charge in [-0.1, -0.05) is 60.7 Å². The Kier molecular flexibility index (Phi) is 7.22. The van der Waals surface area contributed by atoms with Crippen molar-refractivity contribution in [1.82, 2.24) is 14.7 Å². The highest BCUT2D eigenvalue weighted by molar-refractivity contribution is 5.96. The lowest BCUT2D eigenvalue weighted by molar-refractivity contribution is -0.167. The zero-order valence-electron chi connectivity index (χ0n) is 21.2. The van der Waals surface area contributed by atoms with Crippen molar-refractivity contribution in [2.24, 2.45) is 0 Å². The first-order valence-electron chi connectivity index (χ1n) is 12.8. The summed E-state index contributed by atoms with van der Waals surface area (Å²) in [6.45, 7) is 2.45. The van der Waals surface area contributed by atoms with Crippen molar-refractivity contribution in [3.63, 3.8) is 0 Å². The SMILES string of the molecule is CC(=O)c1ccc(NC(=O)N2CCC(=O)N3[C@@H](c4ccccc4)C(=O)N(CCc4ccccc4)C[C@H]23)cc1. The molecule has 2 heterocycles. The monoisotopic (exact) mass is 510 g/mol. The molecule has 5 rings (SSSR count). The van der Waals surface area contributed by atoms with E-state index < -0.39 is 12.2 Å². The number of benzene rings is 3. The second-order valence-electron chi connectivity index (χ2n) is 9.62. The minimum atomic E-state index is -0.802. The molecule has 2 saturated heterocycles. The average molecular weight is 511 g/mol. The number of carbonyl (C=O) groups is 4. The topological polar surface area (TPSA) is 90.0 Å². The second kappa shape index (κ2) is 10.9. The van der Waals surface area contributed by atoms with Crippen LogP contribution in [0.2, 0.25) is 0 Å². The molecule has 3 aromatic rings. The number of rotatable bonds is 6. The van der Waals surface area contributed by atoms with Crippen LogP contribution in [0, 0.1) is 0 Å². The zero-order valence-corrected chi connectivity index (χ0v) is 21.2. The largest absolute Gasteiger partial charge is 0.336 e. The van der Waals surface area contributed by atoms with Gasteiger partial charge in [-0.2, -0.15) is 0 Å². The number of nitrogens with zero attached hydrogens (tertiary/aromatic N) is 3. The Hall–Kier alpha value is -4.46. The van der Waals surface area contributed by atoms with Crippen LogP contribution in [0.15, 0.2) is 84.9 Å². The normalized spacial score (nSPS) is 19.2. The van der Waals surface area contributed by atoms with Crippen LogP contribution in [0.3, 0.4) is 0 Å². The molecule has 8 heteroatoms. The fourth-order valence-electron chi connectivity index (χ4n) is 5.16. The summed E-state index contributed by atoms with van der Waals surface area (Å²) < 4.78 is 0. The minimum Gasteiger partial charge on any atom is -0.336 e. The first-order chi connectivity index (χ1) is 18.4. The van der Waals surface area contributed by atoms with Gasteiger partial charge in [-0.3, -0.25) is 14.4 Å². The lowest BCUT2D eigenvalue weighted by atomic mass is 9.97. The summed E-state index contributed by atoms with van der Waals surface area (Å²) in [6, 6.07) is 24.8. The lowest BCUT2D eigenvalue weighted by Crippen LogP contribution is -2.69. The van der Waals surface area contributed by atoms with E-state index in [1.54, 1.807) is 39.0 Å². The quantitative estimate of drug-likeness (QED) is 0.506. The fourth-order valence-corrected chi connectivity index (χ4v) is 5.16. The standard InChI is InChI=1S/C30H30N4O4/c1-21(35)23-12-14-25(15-13-23)31-30(38)33-19-17-27(36)34-26(33)20-32(18-16-22-8-4-2-5-9-22)29(37)28(34)24-10-6-3-7-11-24/h2-15,26,28H,16-20H2,1H3,(H,31,38)/t26-,28+/m1/s1. The summed E-state index contributed by atoms with van der Waals surface area (Å²) in [7, 11) is 0. The number of nitrogens with one attached hydrogen (secondary N) is 1. The van der Waals surface area contributed by atoms with Crippen molar-refractivity contribution in [2.75, 3.05) is 25.0 Å². The van der Waals surface area contributed by atoms with Gasteiger partial charge in [0.2, 0.25) is 11.8 Å². The molecule has 2 aliphatic rings. The molecule has 0 spiro atoms. The first-order valence-corrected chi connectivity index (χ1v) is 12.8. The van der Waals surface area contributed by atoms with Gasteiger partial charge in [0.1, 0.15) is 12.2 Å². The maximum Gasteiger partial charge on any atom is 0.323 e. The van der Waals surface area contributed by atoms with E-state index in [0.717, 1.165) is 11.1 Å². The van der Waals surface area contributed by atoms with Gasteiger partial charge in [0.05, 0.1) is 6.54 Å². The summed E-state index contributed by atoms with van der Waals surface area (Å²) in [5.41, 5.74) is 2.95. The van der Waals surface area contributed by atoms with Gasteiger partial charge in [-0.15, -0.1) is 0 Å². The molecule has 8 nitrogen and oxygen atoms in total. The van der Waals surface area contributed by atoms with Crippen molar-refractivity contribution < 1.29 is 19.2 Å². The van der Waals surface area contributed by atoms with Gasteiger partial charge in [-0.25, -0.2) is 4.79 Å². The molecule has 3 aromatic carbocycles. The summed E-state index contributed by atoms with van der Waals surface area (Å²) in [5, 5.41) is 2.90. The van der Waals surface area contributed by atoms with Crippen LogP contribution < -0.4 is 5.32 Å². The molecule has 0 bridgehead atoms. The summed E-state index contributed by atoms with van der Waals surface area (Å²) >= 11 is 0. The molecule has 0 aromatic heterocycles. The molecule has 0 saturated carbocycles. The van der Waals surface area contributed by atoms with Crippen LogP contribution in [0.4, 0.5) is 10.5 Å². The van der Waals surface area contributed by atoms with E-state index in [0.29, 0.717) is 24.2 Å². The Balaban J connectivity index is 1.42. The zero-order chi connectivity index (χ0) is 26.6. The highest BCUT2D eigenvalue weighted by atomic mass is 16.2. The molecule has 38 heavy (non-hydrogen) atoms. The molecular formula is C30H30N4O4. The molecule has 1 N–H and O–H groups in total. The van der Waals surface area contributed by atoms with Crippen molar-refractivity contribution in [2.45, 2.75) is 32.0 Å². The molecule has 0 radical (unpaired) electrons. The molecule has 0 aliphatic carbocycles. The van der Waals surface area contributed by atoms with Crippen LogP contribution in [0.1, 0.15) is 40.9 Å². The number of hydrogen-bond donors (Lipinski definition) is 1. The van der Waals surface area contributed by atoms with E-state index in [9.17, 15) is 19.2 Å². The number of amides is 4. The maximum absolute atomic E-state index is 13.8. The van der Waals surface area contributed by atoms with Crippen molar-refractivity contribution >= 4 is 29.3 Å². The predicted octanol–water partition coefficient (Wildman–Crippen LogP) is 4.11. The number of fused-ring (bicyclic) bond motifs is 1. The smallest absolute Gasteiger partial charge is 0.323 e. The van der Waals surface area contributed by atoms with E-state index in [1.165, 1.54) is 6.92 Å². The van der Waals surface area contributed by atoms with Crippen molar-refractivity contribution in [1.29, 1.82) is 0 Å². The summed E-state index contributed by atoms with van der Waals surface area (Å²) in [4.78, 5) is 57.1. The predicted molar refractivity (Wildman–Crippen MR) is 143 cm³/mol. The third-order valence-electron chi connectivity index (χ3n) is 7.17. The average Bonchev–Trinajstić information content (AvgIpc) is 2.93. The summed E-state index contributed by atoms with van der Waals surface area (Å²) in [5.74, 6) is -0.337. The third-order valence-corrected chi connectivity index (χ3v) is 7.17. The van der Waals surface area contributed by atoms with Crippen LogP contribution in [0.5, 0.6) is 0 Å². The Morgan fingerprint density at radius 1 is 0.895 bits per heavy atom. The number of hydrogen-bond acceptors (Lipinski definition) is 4. The molecular weight excluding hydrogens is 480 g/mol. The van der Waals surface area contributed by atoms with Gasteiger partial charge in [0, 0.05) is 30.8 Å². The number of Topliss-reactive ketones (excluding diaryl/α,β-unsaturated/α-hetero) is 1. The van der Waals surface area contributed by atoms with E-state index >= 15 is 0 Å². The van der Waals surface area contributed by atoms with Crippen molar-refractivity contribution in [3.8, 4) is 0 Å². The van der Waals surface area contributed by atoms with Gasteiger partial charge >= 0.3 is 6.03 Å². The molecule has 0 unspecified atom stereocenters. The number of anilines is 1. The van der Waals surface area contributed by atoms with Gasteiger partial charge in [0.15, 0.2) is 5.78 Å². The Morgan fingerprint density at radius 3 is 2.21 bits per heavy atom. The van der Waals surface area contributed by atoms with Crippen LogP contribution in [-0.2, 0) is 16.0 Å². The second-order valence-corrected chi connectivity index (χ2v) is 9.62. The first kappa shape index (κ1) is 25.2. The van der Waals surface area contributed by atoms with Gasteiger partial charge in [-0.05, 0) is 48.7 Å². The molecule has 2 aliphatic heterocycles. The van der Waals surface area contributed by atoms with E-state index in [-0.39, 0.29) is 43.1 Å². The van der Waals surface area contributed by atoms with Crippen LogP contribution in [-0.4, -0.2) is 64.1 Å². The Bertz CT molecular complexity index is 1330. The Morgan fingerprint density at radius 2 is 1.55 bits per heavy atom. The highest BCUT2D eigenvalue weighted by Gasteiger charge is 2.49. The number of ketones is 1. The molecule has 2 atom stereocenters. The van der Waals surface area contributed by atoms with Gasteiger partial charge < -0.3 is 20.0 Å². The van der Waals surface area contributed by atoms with Crippen molar-refractivity contribution in [3.05, 3.63) is 102 Å². The molecule has 2 fully saturated rings. The fraction of sp³-hybridized carbons (Fsp3) is 0.267. The molecule has 4 amide bonds. The molecule has 194 valence electrons. The maximum atomic E-state index is 13.8. The minimum absolute atomic E-state index is 0.0533. The van der Waals surface area contributed by atoms with E-state index in [2.05, 4.69) is 5.32 Å². The van der Waals surface area contributed by atoms with Gasteiger partial charge in [0.25, 0.3) is 0 Å². The number of piperazine rings is 1. The van der Waals surface area contributed by atoms with E-state index in [4.69, 9.17) is 0 Å². The third kappa shape index (κ3) is 5.16. The number of urea groups is 1. The highest BCUT2D eigenvalue weighted by Crippen LogP contribution is 2.35. The number of carbonyl (C=O) groups excluding carboxylic acids is 4. The lowest BCUT2D eigenvalue weighted by Gasteiger charge is -2.52.